The number of nitrogens with zero attached hydrogens (tertiary/aromatic N) is 1. The van der Waals surface area contributed by atoms with Crippen LogP contribution in [0, 0.1) is 21.7 Å². The maximum Gasteiger partial charge on any atom is 0.327 e. The maximum absolute atomic E-state index is 13.2. The van der Waals surface area contributed by atoms with Gasteiger partial charge in [-0.3, -0.25) is 10.1 Å². The Kier molecular flexibility index (Phi) is 4.96. The van der Waals surface area contributed by atoms with Crippen molar-refractivity contribution < 1.29 is 18.4 Å². The van der Waals surface area contributed by atoms with Crippen molar-refractivity contribution >= 4 is 11.4 Å². The molecule has 7 heteroatoms. The summed E-state index contributed by atoms with van der Waals surface area (Å²) in [6.45, 7) is 4.18. The van der Waals surface area contributed by atoms with E-state index in [-0.39, 0.29) is 24.9 Å². The summed E-state index contributed by atoms with van der Waals surface area (Å²) in [5.74, 6) is -2.07. The minimum absolute atomic E-state index is 0.0195. The van der Waals surface area contributed by atoms with Gasteiger partial charge in [-0.25, -0.2) is 4.39 Å². The van der Waals surface area contributed by atoms with E-state index < -0.39 is 22.2 Å². The van der Waals surface area contributed by atoms with E-state index in [0.29, 0.717) is 6.07 Å². The number of rotatable bonds is 6. The summed E-state index contributed by atoms with van der Waals surface area (Å²) in [5, 5.41) is 13.3. The van der Waals surface area contributed by atoms with Gasteiger partial charge in [-0.1, -0.05) is 0 Å². The Bertz CT molecular complexity index is 439. The fourth-order valence-corrected chi connectivity index (χ4v) is 1.37. The molecule has 0 bridgehead atoms. The van der Waals surface area contributed by atoms with E-state index in [1.807, 2.05) is 13.8 Å². The molecule has 1 aromatic rings. The lowest BCUT2D eigenvalue weighted by Crippen LogP contribution is -2.14. The Morgan fingerprint density at radius 2 is 2.11 bits per heavy atom. The van der Waals surface area contributed by atoms with Crippen LogP contribution in [0.25, 0.3) is 0 Å². The molecule has 0 fully saturated rings. The molecule has 100 valence electrons. The Morgan fingerprint density at radius 3 is 2.67 bits per heavy atom. The van der Waals surface area contributed by atoms with E-state index in [1.54, 1.807) is 0 Å². The highest BCUT2D eigenvalue weighted by Crippen LogP contribution is 2.28. The molecule has 5 nitrogen and oxygen atoms in total. The van der Waals surface area contributed by atoms with Crippen LogP contribution in [0.3, 0.4) is 0 Å². The van der Waals surface area contributed by atoms with Crippen LogP contribution in [-0.4, -0.2) is 24.2 Å². The molecule has 0 aliphatic heterocycles. The van der Waals surface area contributed by atoms with E-state index in [0.717, 1.165) is 6.07 Å². The highest BCUT2D eigenvalue weighted by atomic mass is 19.1. The lowest BCUT2D eigenvalue weighted by atomic mass is 10.2. The standard InChI is InChI=1S/C11H14F2N2O3/c1-7(2)18-4-3-14-10-6-8(12)5-9(13)11(10)15(16)17/h5-7,14H,3-4H2,1-2H3. The lowest BCUT2D eigenvalue weighted by Gasteiger charge is -2.10. The van der Waals surface area contributed by atoms with E-state index in [2.05, 4.69) is 5.32 Å². The van der Waals surface area contributed by atoms with Gasteiger partial charge in [0.05, 0.1) is 17.6 Å². The molecule has 0 unspecified atom stereocenters. The molecule has 0 saturated heterocycles. The highest BCUT2D eigenvalue weighted by molar-refractivity contribution is 5.62. The summed E-state index contributed by atoms with van der Waals surface area (Å²) in [6.07, 6.45) is 0.0195. The van der Waals surface area contributed by atoms with Crippen LogP contribution in [0.5, 0.6) is 0 Å². The van der Waals surface area contributed by atoms with Crippen molar-refractivity contribution in [2.75, 3.05) is 18.5 Å². The molecule has 0 saturated carbocycles. The first-order valence-electron chi connectivity index (χ1n) is 5.40. The molecular formula is C11H14F2N2O3. The zero-order valence-corrected chi connectivity index (χ0v) is 10.1. The number of nitro benzene ring substituents is 1. The fourth-order valence-electron chi connectivity index (χ4n) is 1.37. The first kappa shape index (κ1) is 14.3. The van der Waals surface area contributed by atoms with Gasteiger partial charge < -0.3 is 10.1 Å². The first-order chi connectivity index (χ1) is 8.41. The Balaban J connectivity index is 2.77. The van der Waals surface area contributed by atoms with Crippen LogP contribution >= 0.6 is 0 Å². The molecule has 18 heavy (non-hydrogen) atoms. The first-order valence-corrected chi connectivity index (χ1v) is 5.40. The molecule has 1 rings (SSSR count). The van der Waals surface area contributed by atoms with Crippen molar-refractivity contribution in [1.29, 1.82) is 0 Å². The summed E-state index contributed by atoms with van der Waals surface area (Å²) in [7, 11) is 0. The zero-order valence-electron chi connectivity index (χ0n) is 10.1. The van der Waals surface area contributed by atoms with E-state index in [9.17, 15) is 18.9 Å². The van der Waals surface area contributed by atoms with Gasteiger partial charge in [-0.15, -0.1) is 0 Å². The Labute approximate surface area is 103 Å². The van der Waals surface area contributed by atoms with Gasteiger partial charge in [0.2, 0.25) is 5.82 Å². The number of halogens is 2. The molecule has 0 aliphatic rings. The minimum atomic E-state index is -1.20. The van der Waals surface area contributed by atoms with Crippen LogP contribution in [0.4, 0.5) is 20.2 Å². The van der Waals surface area contributed by atoms with Crippen LogP contribution < -0.4 is 5.32 Å². The minimum Gasteiger partial charge on any atom is -0.377 e. The highest BCUT2D eigenvalue weighted by Gasteiger charge is 2.21. The number of ether oxygens (including phenoxy) is 1. The Morgan fingerprint density at radius 1 is 1.44 bits per heavy atom. The number of hydrogen-bond acceptors (Lipinski definition) is 4. The third-order valence-corrected chi connectivity index (χ3v) is 2.08. The van der Waals surface area contributed by atoms with Gasteiger partial charge >= 0.3 is 5.69 Å². The molecule has 1 aromatic carbocycles. The molecule has 0 aliphatic carbocycles. The van der Waals surface area contributed by atoms with Gasteiger partial charge in [-0.05, 0) is 13.8 Å². The number of nitrogens with one attached hydrogen (secondary N) is 1. The molecule has 0 atom stereocenters. The predicted octanol–water partition coefficient (Wildman–Crippen LogP) is 2.71. The van der Waals surface area contributed by atoms with Crippen molar-refractivity contribution in [2.24, 2.45) is 0 Å². The van der Waals surface area contributed by atoms with Gasteiger partial charge in [0.25, 0.3) is 0 Å². The van der Waals surface area contributed by atoms with Crippen molar-refractivity contribution in [3.8, 4) is 0 Å². The third kappa shape index (κ3) is 3.92. The fraction of sp³-hybridized carbons (Fsp3) is 0.455. The SMILES string of the molecule is CC(C)OCCNc1cc(F)cc(F)c1[N+](=O)[O-]. The van der Waals surface area contributed by atoms with Crippen molar-refractivity contribution in [3.63, 3.8) is 0 Å². The van der Waals surface area contributed by atoms with Crippen molar-refractivity contribution in [2.45, 2.75) is 20.0 Å². The van der Waals surface area contributed by atoms with Crippen LogP contribution in [0.15, 0.2) is 12.1 Å². The average Bonchev–Trinajstić information content (AvgIpc) is 2.22. The maximum atomic E-state index is 13.2. The van der Waals surface area contributed by atoms with Gasteiger partial charge in [0.15, 0.2) is 0 Å². The van der Waals surface area contributed by atoms with Crippen LogP contribution in [0.2, 0.25) is 0 Å². The number of hydrogen-bond donors (Lipinski definition) is 1. The number of anilines is 1. The predicted molar refractivity (Wildman–Crippen MR) is 62.6 cm³/mol. The topological polar surface area (TPSA) is 64.4 Å². The summed E-state index contributed by atoms with van der Waals surface area (Å²) < 4.78 is 31.4. The van der Waals surface area contributed by atoms with Gasteiger partial charge in [-0.2, -0.15) is 4.39 Å². The smallest absolute Gasteiger partial charge is 0.327 e. The van der Waals surface area contributed by atoms with Gasteiger partial charge in [0.1, 0.15) is 11.5 Å². The lowest BCUT2D eigenvalue weighted by molar-refractivity contribution is -0.386. The molecule has 0 amide bonds. The quantitative estimate of drug-likeness (QED) is 0.485. The summed E-state index contributed by atoms with van der Waals surface area (Å²) in [6, 6.07) is 1.37. The van der Waals surface area contributed by atoms with E-state index in [1.165, 1.54) is 0 Å². The second kappa shape index (κ2) is 6.25. The van der Waals surface area contributed by atoms with Crippen LogP contribution in [0.1, 0.15) is 13.8 Å². The summed E-state index contributed by atoms with van der Waals surface area (Å²) in [4.78, 5) is 9.78. The summed E-state index contributed by atoms with van der Waals surface area (Å²) in [5.41, 5.74) is -0.953. The normalized spacial score (nSPS) is 10.7. The molecule has 0 aromatic heterocycles. The monoisotopic (exact) mass is 260 g/mol. The van der Waals surface area contributed by atoms with E-state index >= 15 is 0 Å². The van der Waals surface area contributed by atoms with Crippen molar-refractivity contribution in [3.05, 3.63) is 33.9 Å². The van der Waals surface area contributed by atoms with Crippen LogP contribution in [-0.2, 0) is 4.74 Å². The molecule has 0 spiro atoms. The molecule has 0 heterocycles. The Hall–Kier alpha value is -1.76. The molecule has 0 radical (unpaired) electrons. The summed E-state index contributed by atoms with van der Waals surface area (Å²) >= 11 is 0. The second-order valence-corrected chi connectivity index (χ2v) is 3.89. The zero-order chi connectivity index (χ0) is 13.7. The van der Waals surface area contributed by atoms with Crippen molar-refractivity contribution in [1.82, 2.24) is 0 Å². The molecular weight excluding hydrogens is 246 g/mol. The number of benzene rings is 1. The number of nitro groups is 1. The van der Waals surface area contributed by atoms with E-state index in [4.69, 9.17) is 4.74 Å². The third-order valence-electron chi connectivity index (χ3n) is 2.08. The largest absolute Gasteiger partial charge is 0.377 e. The van der Waals surface area contributed by atoms with Gasteiger partial charge in [0, 0.05) is 18.7 Å². The second-order valence-electron chi connectivity index (χ2n) is 3.89. The molecule has 1 N–H and O–H groups in total. The average molecular weight is 260 g/mol.